The molecule has 0 radical (unpaired) electrons. The van der Waals surface area contributed by atoms with Gasteiger partial charge in [-0.05, 0) is 61.3 Å². The van der Waals surface area contributed by atoms with E-state index >= 15 is 0 Å². The quantitative estimate of drug-likeness (QED) is 0.559. The lowest BCUT2D eigenvalue weighted by atomic mass is 9.87. The first kappa shape index (κ1) is 21.6. The molecule has 1 atom stereocenters. The van der Waals surface area contributed by atoms with Crippen LogP contribution in [0, 0.1) is 0 Å². The molecule has 2 aliphatic heterocycles. The molecule has 7 nitrogen and oxygen atoms in total. The standard InChI is InChI=1S/C25H24ClN3O4/c1-29-11-9-16-13-20-22(33-14-32-20)23(31-2)21(16)19(29)12-15-5-7-17(8-6-15)28-25(30)18-4-3-10-27-24(18)26/h3-8,10,13,19H,9,11-12,14H2,1-2H3,(H,28,30)/t19-/m0/s1. The number of carbonyl (C=O) groups is 1. The zero-order valence-electron chi connectivity index (χ0n) is 18.4. The fourth-order valence-corrected chi connectivity index (χ4v) is 4.69. The van der Waals surface area contributed by atoms with Gasteiger partial charge < -0.3 is 19.5 Å². The van der Waals surface area contributed by atoms with Crippen molar-refractivity contribution in [1.82, 2.24) is 9.88 Å². The van der Waals surface area contributed by atoms with Crippen LogP contribution in [-0.2, 0) is 12.8 Å². The van der Waals surface area contributed by atoms with Crippen LogP contribution < -0.4 is 19.5 Å². The Balaban J connectivity index is 1.37. The maximum absolute atomic E-state index is 12.5. The van der Waals surface area contributed by atoms with Crippen molar-refractivity contribution in [2.24, 2.45) is 0 Å². The second kappa shape index (κ2) is 8.92. The van der Waals surface area contributed by atoms with Crippen molar-refractivity contribution in [2.75, 3.05) is 32.8 Å². The molecule has 0 bridgehead atoms. The van der Waals surface area contributed by atoms with E-state index in [1.807, 2.05) is 24.3 Å². The summed E-state index contributed by atoms with van der Waals surface area (Å²) in [6.07, 6.45) is 3.27. The third kappa shape index (κ3) is 4.10. The number of methoxy groups -OCH3 is 1. The van der Waals surface area contributed by atoms with Crippen molar-refractivity contribution in [3.05, 3.63) is 76.1 Å². The highest BCUT2D eigenvalue weighted by Crippen LogP contribution is 2.49. The van der Waals surface area contributed by atoms with Gasteiger partial charge in [0.15, 0.2) is 11.5 Å². The van der Waals surface area contributed by atoms with Gasteiger partial charge in [0.25, 0.3) is 5.91 Å². The molecule has 1 N–H and O–H groups in total. The van der Waals surface area contributed by atoms with Crippen LogP contribution in [0.4, 0.5) is 5.69 Å². The van der Waals surface area contributed by atoms with Crippen LogP contribution in [0.25, 0.3) is 0 Å². The molecule has 1 aromatic heterocycles. The van der Waals surface area contributed by atoms with Crippen LogP contribution in [0.15, 0.2) is 48.7 Å². The average Bonchev–Trinajstić information content (AvgIpc) is 3.29. The van der Waals surface area contributed by atoms with Gasteiger partial charge >= 0.3 is 0 Å². The summed E-state index contributed by atoms with van der Waals surface area (Å²) >= 11 is 6.03. The van der Waals surface area contributed by atoms with Crippen LogP contribution in [0.3, 0.4) is 0 Å². The summed E-state index contributed by atoms with van der Waals surface area (Å²) < 4.78 is 17.1. The van der Waals surface area contributed by atoms with Crippen LogP contribution >= 0.6 is 11.6 Å². The number of benzene rings is 2. The molecule has 33 heavy (non-hydrogen) atoms. The number of pyridine rings is 1. The molecular weight excluding hydrogens is 442 g/mol. The van der Waals surface area contributed by atoms with Crippen molar-refractivity contribution >= 4 is 23.2 Å². The summed E-state index contributed by atoms with van der Waals surface area (Å²) in [5.74, 6) is 1.91. The number of carbonyl (C=O) groups excluding carboxylic acids is 1. The lowest BCUT2D eigenvalue weighted by Crippen LogP contribution is -2.33. The molecule has 0 saturated carbocycles. The molecule has 0 aliphatic carbocycles. The molecule has 3 heterocycles. The Morgan fingerprint density at radius 3 is 2.85 bits per heavy atom. The number of amides is 1. The van der Waals surface area contributed by atoms with E-state index in [0.717, 1.165) is 42.0 Å². The van der Waals surface area contributed by atoms with E-state index in [-0.39, 0.29) is 23.9 Å². The van der Waals surface area contributed by atoms with Gasteiger partial charge in [-0.15, -0.1) is 0 Å². The Morgan fingerprint density at radius 2 is 2.09 bits per heavy atom. The number of hydrogen-bond acceptors (Lipinski definition) is 6. The molecule has 2 aromatic carbocycles. The Hall–Kier alpha value is -3.29. The molecular formula is C25H24ClN3O4. The molecule has 2 aliphatic rings. The third-order valence-corrected chi connectivity index (χ3v) is 6.49. The second-order valence-corrected chi connectivity index (χ2v) is 8.52. The van der Waals surface area contributed by atoms with Gasteiger partial charge in [-0.1, -0.05) is 23.7 Å². The summed E-state index contributed by atoms with van der Waals surface area (Å²) in [5.41, 5.74) is 4.57. The first-order valence-electron chi connectivity index (χ1n) is 10.8. The van der Waals surface area contributed by atoms with Gasteiger partial charge in [-0.3, -0.25) is 9.69 Å². The highest BCUT2D eigenvalue weighted by Gasteiger charge is 2.33. The Kier molecular flexibility index (Phi) is 5.83. The third-order valence-electron chi connectivity index (χ3n) is 6.19. The number of aromatic nitrogens is 1. The summed E-state index contributed by atoms with van der Waals surface area (Å²) in [7, 11) is 3.80. The Labute approximate surface area is 197 Å². The van der Waals surface area contributed by atoms with E-state index in [1.165, 1.54) is 5.56 Å². The summed E-state index contributed by atoms with van der Waals surface area (Å²) in [6.45, 7) is 1.16. The number of hydrogen-bond donors (Lipinski definition) is 1. The van der Waals surface area contributed by atoms with E-state index in [0.29, 0.717) is 17.0 Å². The van der Waals surface area contributed by atoms with Gasteiger partial charge in [0.1, 0.15) is 5.15 Å². The van der Waals surface area contributed by atoms with Gasteiger partial charge in [0, 0.05) is 30.0 Å². The van der Waals surface area contributed by atoms with Gasteiger partial charge in [0.2, 0.25) is 12.5 Å². The number of halogens is 1. The van der Waals surface area contributed by atoms with E-state index in [9.17, 15) is 4.79 Å². The summed E-state index contributed by atoms with van der Waals surface area (Å²) in [4.78, 5) is 18.8. The van der Waals surface area contributed by atoms with Gasteiger partial charge in [0.05, 0.1) is 12.7 Å². The first-order valence-corrected chi connectivity index (χ1v) is 11.1. The minimum atomic E-state index is -0.289. The SMILES string of the molecule is COc1c2c(cc3c1[C@H](Cc1ccc(NC(=O)c4cccnc4Cl)cc1)N(C)CC3)OCO2. The number of nitrogens with zero attached hydrogens (tertiary/aromatic N) is 2. The monoisotopic (exact) mass is 465 g/mol. The Bertz CT molecular complexity index is 1200. The van der Waals surface area contributed by atoms with Crippen molar-refractivity contribution in [1.29, 1.82) is 0 Å². The van der Waals surface area contributed by atoms with Crippen LogP contribution in [-0.4, -0.2) is 43.3 Å². The van der Waals surface area contributed by atoms with E-state index in [2.05, 4.69) is 28.3 Å². The largest absolute Gasteiger partial charge is 0.492 e. The van der Waals surface area contributed by atoms with E-state index in [4.69, 9.17) is 25.8 Å². The number of ether oxygens (including phenoxy) is 3. The molecule has 3 aromatic rings. The highest BCUT2D eigenvalue weighted by atomic mass is 35.5. The summed E-state index contributed by atoms with van der Waals surface area (Å²) in [5, 5.41) is 3.06. The fraction of sp³-hybridized carbons (Fsp3) is 0.280. The zero-order valence-corrected chi connectivity index (χ0v) is 19.2. The number of fused-ring (bicyclic) bond motifs is 2. The smallest absolute Gasteiger partial charge is 0.258 e. The van der Waals surface area contributed by atoms with E-state index in [1.54, 1.807) is 25.4 Å². The maximum Gasteiger partial charge on any atom is 0.258 e. The van der Waals surface area contributed by atoms with Gasteiger partial charge in [-0.25, -0.2) is 4.98 Å². The predicted molar refractivity (Wildman–Crippen MR) is 126 cm³/mol. The minimum absolute atomic E-state index is 0.132. The van der Waals surface area contributed by atoms with Crippen LogP contribution in [0.5, 0.6) is 17.2 Å². The second-order valence-electron chi connectivity index (χ2n) is 8.16. The number of rotatable bonds is 5. The van der Waals surface area contributed by atoms with Crippen LogP contribution in [0.1, 0.15) is 33.1 Å². The first-order chi connectivity index (χ1) is 16.0. The number of likely N-dealkylation sites (N-methyl/N-ethyl adjacent to an activating group) is 1. The molecule has 0 unspecified atom stereocenters. The molecule has 170 valence electrons. The summed E-state index contributed by atoms with van der Waals surface area (Å²) in [6, 6.07) is 13.4. The molecule has 8 heteroatoms. The molecule has 0 saturated heterocycles. The van der Waals surface area contributed by atoms with Crippen molar-refractivity contribution in [3.63, 3.8) is 0 Å². The fourth-order valence-electron chi connectivity index (χ4n) is 4.48. The highest BCUT2D eigenvalue weighted by molar-refractivity contribution is 6.33. The topological polar surface area (TPSA) is 72.9 Å². The van der Waals surface area contributed by atoms with Crippen molar-refractivity contribution < 1.29 is 19.0 Å². The van der Waals surface area contributed by atoms with Gasteiger partial charge in [-0.2, -0.15) is 0 Å². The lowest BCUT2D eigenvalue weighted by molar-refractivity contribution is 0.102. The normalized spacial score (nSPS) is 16.9. The number of nitrogens with one attached hydrogen (secondary N) is 1. The van der Waals surface area contributed by atoms with Crippen molar-refractivity contribution in [3.8, 4) is 17.2 Å². The zero-order chi connectivity index (χ0) is 22.9. The molecule has 0 fully saturated rings. The maximum atomic E-state index is 12.5. The molecule has 1 amide bonds. The van der Waals surface area contributed by atoms with Crippen LogP contribution in [0.2, 0.25) is 5.15 Å². The Morgan fingerprint density at radius 1 is 1.27 bits per heavy atom. The molecule has 5 rings (SSSR count). The molecule has 0 spiro atoms. The lowest BCUT2D eigenvalue weighted by Gasteiger charge is -2.36. The average molecular weight is 466 g/mol. The minimum Gasteiger partial charge on any atom is -0.492 e. The number of anilines is 1. The predicted octanol–water partition coefficient (Wildman–Crippen LogP) is 4.50. The van der Waals surface area contributed by atoms with Crippen molar-refractivity contribution in [2.45, 2.75) is 18.9 Å². The van der Waals surface area contributed by atoms with E-state index < -0.39 is 0 Å².